The van der Waals surface area contributed by atoms with Crippen molar-refractivity contribution in [3.05, 3.63) is 23.8 Å². The zero-order chi connectivity index (χ0) is 18.3. The monoisotopic (exact) mass is 355 g/mol. The first kappa shape index (κ1) is 20.4. The largest absolute Gasteiger partial charge is 0.372 e. The fourth-order valence-electron chi connectivity index (χ4n) is 2.59. The summed E-state index contributed by atoms with van der Waals surface area (Å²) < 4.78 is 25.5. The molecule has 24 heavy (non-hydrogen) atoms. The van der Waals surface area contributed by atoms with Crippen LogP contribution >= 0.6 is 0 Å². The van der Waals surface area contributed by atoms with Crippen molar-refractivity contribution < 1.29 is 13.2 Å². The molecule has 0 saturated heterocycles. The molecule has 0 aliphatic heterocycles. The predicted octanol–water partition coefficient (Wildman–Crippen LogP) is 2.13. The smallest absolute Gasteiger partial charge is 0.223 e. The summed E-state index contributed by atoms with van der Waals surface area (Å²) in [7, 11) is -3.25. The summed E-state index contributed by atoms with van der Waals surface area (Å²) in [5.41, 5.74) is 2.93. The number of aryl methyl sites for hydroxylation is 1. The van der Waals surface area contributed by atoms with Gasteiger partial charge >= 0.3 is 0 Å². The van der Waals surface area contributed by atoms with E-state index in [1.165, 1.54) is 6.92 Å². The molecule has 0 spiro atoms. The molecule has 0 fully saturated rings. The Hall–Kier alpha value is -1.60. The number of sulfonamides is 1. The van der Waals surface area contributed by atoms with Crippen molar-refractivity contribution in [1.29, 1.82) is 0 Å². The van der Waals surface area contributed by atoms with E-state index in [1.54, 1.807) is 11.8 Å². The van der Waals surface area contributed by atoms with E-state index in [0.29, 0.717) is 6.54 Å². The first-order valence-corrected chi connectivity index (χ1v) is 10.0. The van der Waals surface area contributed by atoms with Gasteiger partial charge in [-0.1, -0.05) is 0 Å². The third-order valence-corrected chi connectivity index (χ3v) is 5.42. The molecule has 7 heteroatoms. The number of rotatable bonds is 9. The first-order valence-electron chi connectivity index (χ1n) is 8.36. The standard InChI is InChI=1S/C17H29N3O3S/c1-6-19(7-2)16-9-10-17(14(4)13-16)20(15(5)21)12-11-18-24(22,23)8-3/h9-10,13,18H,6-8,11-12H2,1-5H3. The molecule has 0 aromatic heterocycles. The Morgan fingerprint density at radius 3 is 2.25 bits per heavy atom. The van der Waals surface area contributed by atoms with Gasteiger partial charge in [0.2, 0.25) is 15.9 Å². The van der Waals surface area contributed by atoms with Crippen LogP contribution in [0.5, 0.6) is 0 Å². The van der Waals surface area contributed by atoms with Crippen LogP contribution in [0.15, 0.2) is 18.2 Å². The van der Waals surface area contributed by atoms with Gasteiger partial charge in [0.15, 0.2) is 0 Å². The lowest BCUT2D eigenvalue weighted by atomic mass is 10.1. The van der Waals surface area contributed by atoms with Crippen molar-refractivity contribution >= 4 is 27.3 Å². The minimum absolute atomic E-state index is 0.0324. The summed E-state index contributed by atoms with van der Waals surface area (Å²) in [6.45, 7) is 11.6. The van der Waals surface area contributed by atoms with E-state index in [4.69, 9.17) is 0 Å². The number of hydrogen-bond donors (Lipinski definition) is 1. The van der Waals surface area contributed by atoms with Crippen molar-refractivity contribution in [2.75, 3.05) is 41.7 Å². The molecule has 0 radical (unpaired) electrons. The normalized spacial score (nSPS) is 11.4. The van der Waals surface area contributed by atoms with Crippen LogP contribution in [0.4, 0.5) is 11.4 Å². The molecular formula is C17H29N3O3S. The summed E-state index contributed by atoms with van der Waals surface area (Å²) in [5, 5.41) is 0. The molecule has 0 saturated carbocycles. The third-order valence-electron chi connectivity index (χ3n) is 4.02. The Labute approximate surface area is 145 Å². The SMILES string of the molecule is CCN(CC)c1ccc(N(CCNS(=O)(=O)CC)C(C)=O)c(C)c1. The van der Waals surface area contributed by atoms with E-state index < -0.39 is 10.0 Å². The summed E-state index contributed by atoms with van der Waals surface area (Å²) in [4.78, 5) is 15.8. The van der Waals surface area contributed by atoms with Crippen LogP contribution in [0.3, 0.4) is 0 Å². The molecule has 0 aliphatic carbocycles. The molecule has 1 aromatic carbocycles. The van der Waals surface area contributed by atoms with Crippen molar-refractivity contribution in [2.24, 2.45) is 0 Å². The number of hydrogen-bond acceptors (Lipinski definition) is 4. The van der Waals surface area contributed by atoms with Gasteiger partial charge in [0, 0.05) is 44.5 Å². The molecule has 1 N–H and O–H groups in total. The van der Waals surface area contributed by atoms with Crippen LogP contribution in [0.1, 0.15) is 33.3 Å². The lowest BCUT2D eigenvalue weighted by Gasteiger charge is -2.26. The average molecular weight is 356 g/mol. The van der Waals surface area contributed by atoms with Gasteiger partial charge < -0.3 is 9.80 Å². The van der Waals surface area contributed by atoms with Crippen LogP contribution in [-0.4, -0.2) is 46.3 Å². The number of anilines is 2. The summed E-state index contributed by atoms with van der Waals surface area (Å²) in [5.74, 6) is -0.0746. The topological polar surface area (TPSA) is 69.7 Å². The van der Waals surface area contributed by atoms with Gasteiger partial charge in [-0.25, -0.2) is 13.1 Å². The van der Waals surface area contributed by atoms with Crippen molar-refractivity contribution in [1.82, 2.24) is 4.72 Å². The molecule has 0 unspecified atom stereocenters. The zero-order valence-corrected chi connectivity index (χ0v) is 16.1. The maximum absolute atomic E-state index is 12.0. The molecule has 1 amide bonds. The summed E-state index contributed by atoms with van der Waals surface area (Å²) >= 11 is 0. The molecular weight excluding hydrogens is 326 g/mol. The quantitative estimate of drug-likeness (QED) is 0.737. The lowest BCUT2D eigenvalue weighted by Crippen LogP contribution is -2.38. The average Bonchev–Trinajstić information content (AvgIpc) is 2.53. The number of nitrogens with one attached hydrogen (secondary N) is 1. The Kier molecular flexibility index (Phi) is 7.69. The summed E-state index contributed by atoms with van der Waals surface area (Å²) in [6, 6.07) is 5.99. The molecule has 0 heterocycles. The van der Waals surface area contributed by atoms with E-state index >= 15 is 0 Å². The highest BCUT2D eigenvalue weighted by Crippen LogP contribution is 2.25. The van der Waals surface area contributed by atoms with Crippen LogP contribution in [0, 0.1) is 6.92 Å². The highest BCUT2D eigenvalue weighted by molar-refractivity contribution is 7.89. The van der Waals surface area contributed by atoms with Crippen LogP contribution in [0.2, 0.25) is 0 Å². The number of nitrogens with zero attached hydrogens (tertiary/aromatic N) is 2. The maximum Gasteiger partial charge on any atom is 0.223 e. The second-order valence-electron chi connectivity index (χ2n) is 5.61. The van der Waals surface area contributed by atoms with Crippen molar-refractivity contribution in [3.8, 4) is 0 Å². The van der Waals surface area contributed by atoms with Gasteiger partial charge in [-0.05, 0) is 51.5 Å². The Morgan fingerprint density at radius 1 is 1.17 bits per heavy atom. The highest BCUT2D eigenvalue weighted by atomic mass is 32.2. The van der Waals surface area contributed by atoms with E-state index in [9.17, 15) is 13.2 Å². The predicted molar refractivity (Wildman–Crippen MR) is 100 cm³/mol. The van der Waals surface area contributed by atoms with Gasteiger partial charge in [-0.2, -0.15) is 0 Å². The molecule has 0 bridgehead atoms. The third kappa shape index (κ3) is 5.49. The lowest BCUT2D eigenvalue weighted by molar-refractivity contribution is -0.116. The number of amides is 1. The van der Waals surface area contributed by atoms with Crippen molar-refractivity contribution in [2.45, 2.75) is 34.6 Å². The van der Waals surface area contributed by atoms with E-state index in [2.05, 4.69) is 29.5 Å². The fourth-order valence-corrected chi connectivity index (χ4v) is 3.20. The second kappa shape index (κ2) is 9.03. The van der Waals surface area contributed by atoms with Gasteiger partial charge in [-0.15, -0.1) is 0 Å². The fraction of sp³-hybridized carbons (Fsp3) is 0.588. The zero-order valence-electron chi connectivity index (χ0n) is 15.3. The van der Waals surface area contributed by atoms with E-state index in [-0.39, 0.29) is 18.2 Å². The number of carbonyl (C=O) groups is 1. The number of benzene rings is 1. The Balaban J connectivity index is 2.95. The number of carbonyl (C=O) groups excluding carboxylic acids is 1. The van der Waals surface area contributed by atoms with Crippen LogP contribution < -0.4 is 14.5 Å². The molecule has 6 nitrogen and oxygen atoms in total. The van der Waals surface area contributed by atoms with Crippen LogP contribution in [0.25, 0.3) is 0 Å². The Bertz CT molecular complexity index is 655. The van der Waals surface area contributed by atoms with Gasteiger partial charge in [-0.3, -0.25) is 4.79 Å². The van der Waals surface area contributed by atoms with Crippen molar-refractivity contribution in [3.63, 3.8) is 0 Å². The molecule has 1 rings (SSSR count). The molecule has 1 aromatic rings. The van der Waals surface area contributed by atoms with E-state index in [0.717, 1.165) is 30.0 Å². The van der Waals surface area contributed by atoms with Gasteiger partial charge in [0.05, 0.1) is 5.75 Å². The minimum Gasteiger partial charge on any atom is -0.372 e. The van der Waals surface area contributed by atoms with E-state index in [1.807, 2.05) is 19.1 Å². The molecule has 136 valence electrons. The minimum atomic E-state index is -3.25. The van der Waals surface area contributed by atoms with Gasteiger partial charge in [0.25, 0.3) is 0 Å². The summed E-state index contributed by atoms with van der Waals surface area (Å²) in [6.07, 6.45) is 0. The molecule has 0 aliphatic rings. The highest BCUT2D eigenvalue weighted by Gasteiger charge is 2.16. The Morgan fingerprint density at radius 2 is 1.79 bits per heavy atom. The maximum atomic E-state index is 12.0. The van der Waals surface area contributed by atoms with Gasteiger partial charge in [0.1, 0.15) is 0 Å². The second-order valence-corrected chi connectivity index (χ2v) is 7.71. The van der Waals surface area contributed by atoms with Crippen LogP contribution in [-0.2, 0) is 14.8 Å². The molecule has 0 atom stereocenters. The first-order chi connectivity index (χ1) is 11.3.